The maximum absolute atomic E-state index is 5.68. The average Bonchev–Trinajstić information content (AvgIpc) is 2.44. The summed E-state index contributed by atoms with van der Waals surface area (Å²) in [4.78, 5) is 2.48. The van der Waals surface area contributed by atoms with Crippen molar-refractivity contribution in [3.8, 4) is 0 Å². The van der Waals surface area contributed by atoms with Gasteiger partial charge in [-0.15, -0.1) is 0 Å². The van der Waals surface area contributed by atoms with E-state index < -0.39 is 0 Å². The lowest BCUT2D eigenvalue weighted by Gasteiger charge is -2.27. The molecule has 0 fully saturated rings. The molecule has 0 unspecified atom stereocenters. The van der Waals surface area contributed by atoms with Gasteiger partial charge in [0.15, 0.2) is 0 Å². The third-order valence-electron chi connectivity index (χ3n) is 3.64. The maximum atomic E-state index is 5.68. The number of hydrogen-bond donors (Lipinski definition) is 1. The van der Waals surface area contributed by atoms with E-state index in [1.807, 2.05) is 0 Å². The summed E-state index contributed by atoms with van der Waals surface area (Å²) >= 11 is 0. The van der Waals surface area contributed by atoms with Gasteiger partial charge in [-0.1, -0.05) is 30.3 Å². The Morgan fingerprint density at radius 1 is 1.26 bits per heavy atom. The van der Waals surface area contributed by atoms with Crippen molar-refractivity contribution in [2.75, 3.05) is 33.4 Å². The highest BCUT2D eigenvalue weighted by Gasteiger charge is 2.13. The second kappa shape index (κ2) is 7.43. The van der Waals surface area contributed by atoms with Crippen molar-refractivity contribution in [3.63, 3.8) is 0 Å². The Bertz CT molecular complexity index is 429. The van der Waals surface area contributed by atoms with E-state index in [0.717, 1.165) is 45.6 Å². The molecule has 0 aliphatic carbocycles. The van der Waals surface area contributed by atoms with Crippen LogP contribution in [0.1, 0.15) is 17.5 Å². The minimum atomic E-state index is 0.717. The predicted molar refractivity (Wildman–Crippen MR) is 79.1 cm³/mol. The van der Waals surface area contributed by atoms with Gasteiger partial charge < -0.3 is 10.5 Å². The quantitative estimate of drug-likeness (QED) is 0.795. The zero-order valence-electron chi connectivity index (χ0n) is 11.8. The van der Waals surface area contributed by atoms with E-state index in [2.05, 4.69) is 35.2 Å². The van der Waals surface area contributed by atoms with Gasteiger partial charge in [-0.2, -0.15) is 0 Å². The van der Waals surface area contributed by atoms with E-state index >= 15 is 0 Å². The third-order valence-corrected chi connectivity index (χ3v) is 3.64. The van der Waals surface area contributed by atoms with Crippen LogP contribution in [0.2, 0.25) is 0 Å². The first-order valence-electron chi connectivity index (χ1n) is 6.99. The minimum absolute atomic E-state index is 0.717. The summed E-state index contributed by atoms with van der Waals surface area (Å²) in [6, 6.07) is 8.63. The Balaban J connectivity index is 1.95. The molecule has 0 atom stereocenters. The van der Waals surface area contributed by atoms with Crippen molar-refractivity contribution in [1.29, 1.82) is 0 Å². The molecule has 3 nitrogen and oxygen atoms in total. The molecular weight excluding hydrogens is 236 g/mol. The summed E-state index contributed by atoms with van der Waals surface area (Å²) in [5.41, 5.74) is 9.90. The van der Waals surface area contributed by atoms with Crippen LogP contribution in [-0.2, 0) is 17.7 Å². The average molecular weight is 260 g/mol. The largest absolute Gasteiger partial charge is 0.380 e. The van der Waals surface area contributed by atoms with Crippen LogP contribution in [0.5, 0.6) is 0 Å². The van der Waals surface area contributed by atoms with Crippen molar-refractivity contribution in [2.45, 2.75) is 19.4 Å². The SMILES string of the molecule is COCC1=CCN(Cc2ccccc2CCN)CC1. The third kappa shape index (κ3) is 4.16. The van der Waals surface area contributed by atoms with Gasteiger partial charge in [-0.3, -0.25) is 4.90 Å². The van der Waals surface area contributed by atoms with Gasteiger partial charge in [0.1, 0.15) is 0 Å². The summed E-state index contributed by atoms with van der Waals surface area (Å²) in [7, 11) is 1.76. The van der Waals surface area contributed by atoms with E-state index in [1.54, 1.807) is 7.11 Å². The number of hydrogen-bond acceptors (Lipinski definition) is 3. The smallest absolute Gasteiger partial charge is 0.0673 e. The molecule has 0 radical (unpaired) electrons. The molecule has 0 bridgehead atoms. The fourth-order valence-electron chi connectivity index (χ4n) is 2.57. The molecule has 2 N–H and O–H groups in total. The molecule has 1 aliphatic rings. The van der Waals surface area contributed by atoms with E-state index in [9.17, 15) is 0 Å². The second-order valence-corrected chi connectivity index (χ2v) is 5.09. The van der Waals surface area contributed by atoms with E-state index in [0.29, 0.717) is 0 Å². The summed E-state index contributed by atoms with van der Waals surface area (Å²) in [6.07, 6.45) is 4.39. The predicted octanol–water partition coefficient (Wildman–Crippen LogP) is 1.97. The first-order valence-corrected chi connectivity index (χ1v) is 6.99. The van der Waals surface area contributed by atoms with Crippen LogP contribution in [0.25, 0.3) is 0 Å². The molecule has 1 aromatic carbocycles. The van der Waals surface area contributed by atoms with Crippen molar-refractivity contribution in [2.24, 2.45) is 5.73 Å². The second-order valence-electron chi connectivity index (χ2n) is 5.09. The van der Waals surface area contributed by atoms with Gasteiger partial charge in [0.2, 0.25) is 0 Å². The van der Waals surface area contributed by atoms with Crippen molar-refractivity contribution < 1.29 is 4.74 Å². The number of methoxy groups -OCH3 is 1. The molecule has 0 spiro atoms. The number of nitrogens with zero attached hydrogens (tertiary/aromatic N) is 1. The highest BCUT2D eigenvalue weighted by molar-refractivity contribution is 5.27. The number of benzene rings is 1. The van der Waals surface area contributed by atoms with Gasteiger partial charge in [0, 0.05) is 26.7 Å². The Kier molecular flexibility index (Phi) is 5.58. The Hall–Kier alpha value is -1.16. The topological polar surface area (TPSA) is 38.5 Å². The van der Waals surface area contributed by atoms with E-state index in [1.165, 1.54) is 16.7 Å². The lowest BCUT2D eigenvalue weighted by atomic mass is 10.0. The maximum Gasteiger partial charge on any atom is 0.0673 e. The Morgan fingerprint density at radius 2 is 2.05 bits per heavy atom. The molecule has 0 saturated heterocycles. The molecule has 1 heterocycles. The molecule has 1 aromatic rings. The number of rotatable bonds is 6. The van der Waals surface area contributed by atoms with Crippen LogP contribution in [0.4, 0.5) is 0 Å². The molecule has 0 amide bonds. The van der Waals surface area contributed by atoms with Gasteiger partial charge in [-0.25, -0.2) is 0 Å². The monoisotopic (exact) mass is 260 g/mol. The summed E-state index contributed by atoms with van der Waals surface area (Å²) in [6.45, 7) is 4.65. The standard InChI is InChI=1S/C16H24N2O/c1-19-13-14-7-10-18(11-8-14)12-16-5-3-2-4-15(16)6-9-17/h2-5,7H,6,8-13,17H2,1H3. The van der Waals surface area contributed by atoms with Crippen LogP contribution in [0, 0.1) is 0 Å². The molecule has 0 aromatic heterocycles. The van der Waals surface area contributed by atoms with Gasteiger partial charge in [-0.05, 0) is 36.1 Å². The van der Waals surface area contributed by atoms with Gasteiger partial charge in [0.25, 0.3) is 0 Å². The zero-order valence-corrected chi connectivity index (χ0v) is 11.8. The van der Waals surface area contributed by atoms with Gasteiger partial charge >= 0.3 is 0 Å². The number of ether oxygens (including phenoxy) is 1. The summed E-state index contributed by atoms with van der Waals surface area (Å²) in [5.74, 6) is 0. The summed E-state index contributed by atoms with van der Waals surface area (Å²) < 4.78 is 5.19. The lowest BCUT2D eigenvalue weighted by molar-refractivity contribution is 0.210. The number of nitrogens with two attached hydrogens (primary N) is 1. The van der Waals surface area contributed by atoms with Crippen LogP contribution in [0.3, 0.4) is 0 Å². The fraction of sp³-hybridized carbons (Fsp3) is 0.500. The summed E-state index contributed by atoms with van der Waals surface area (Å²) in [5, 5.41) is 0. The first kappa shape index (κ1) is 14.3. The Labute approximate surface area is 116 Å². The molecule has 3 heteroatoms. The van der Waals surface area contributed by atoms with E-state index in [4.69, 9.17) is 10.5 Å². The van der Waals surface area contributed by atoms with Gasteiger partial charge in [0.05, 0.1) is 6.61 Å². The highest BCUT2D eigenvalue weighted by atomic mass is 16.5. The van der Waals surface area contributed by atoms with Crippen molar-refractivity contribution in [3.05, 3.63) is 47.0 Å². The minimum Gasteiger partial charge on any atom is -0.380 e. The van der Waals surface area contributed by atoms with Crippen molar-refractivity contribution in [1.82, 2.24) is 4.90 Å². The van der Waals surface area contributed by atoms with Crippen LogP contribution >= 0.6 is 0 Å². The van der Waals surface area contributed by atoms with Crippen LogP contribution < -0.4 is 5.73 Å². The Morgan fingerprint density at radius 3 is 2.68 bits per heavy atom. The molecule has 104 valence electrons. The molecule has 19 heavy (non-hydrogen) atoms. The zero-order chi connectivity index (χ0) is 13.5. The molecule has 1 aliphatic heterocycles. The van der Waals surface area contributed by atoms with Crippen molar-refractivity contribution >= 4 is 0 Å². The normalized spacial score (nSPS) is 16.4. The fourth-order valence-corrected chi connectivity index (χ4v) is 2.57. The van der Waals surface area contributed by atoms with Crippen LogP contribution in [-0.4, -0.2) is 38.3 Å². The lowest BCUT2D eigenvalue weighted by Crippen LogP contribution is -2.29. The molecule has 0 saturated carbocycles. The van der Waals surface area contributed by atoms with Crippen LogP contribution in [0.15, 0.2) is 35.9 Å². The highest BCUT2D eigenvalue weighted by Crippen LogP contribution is 2.16. The molecule has 2 rings (SSSR count). The first-order chi connectivity index (χ1) is 9.33. The van der Waals surface area contributed by atoms with E-state index in [-0.39, 0.29) is 0 Å². The molecular formula is C16H24N2O.